The lowest BCUT2D eigenvalue weighted by molar-refractivity contribution is 0.208. The zero-order chi connectivity index (χ0) is 11.8. The smallest absolute Gasteiger partial charge is 0.142 e. The van der Waals surface area contributed by atoms with Crippen molar-refractivity contribution in [1.29, 1.82) is 0 Å². The number of aromatic nitrogens is 4. The third kappa shape index (κ3) is 1.62. The van der Waals surface area contributed by atoms with Crippen LogP contribution in [0.3, 0.4) is 0 Å². The zero-order valence-corrected chi connectivity index (χ0v) is 9.92. The van der Waals surface area contributed by atoms with Gasteiger partial charge in [-0.3, -0.25) is 0 Å². The Labute approximate surface area is 102 Å². The molecule has 0 aliphatic rings. The van der Waals surface area contributed by atoms with E-state index in [2.05, 4.69) is 14.6 Å². The van der Waals surface area contributed by atoms with E-state index in [0.29, 0.717) is 5.82 Å². The summed E-state index contributed by atoms with van der Waals surface area (Å²) in [6.45, 7) is 0. The molecule has 0 saturated carbocycles. The van der Waals surface area contributed by atoms with Gasteiger partial charge in [-0.15, -0.1) is 5.10 Å². The zero-order valence-electron chi connectivity index (χ0n) is 9.11. The van der Waals surface area contributed by atoms with E-state index in [0.717, 1.165) is 15.8 Å². The Balaban J connectivity index is 2.15. The summed E-state index contributed by atoms with van der Waals surface area (Å²) in [5, 5.41) is 14.3. The molecule has 0 amide bonds. The molecule has 0 aliphatic heterocycles. The second-order valence-electron chi connectivity index (χ2n) is 3.77. The normalized spacial score (nSPS) is 13.1. The Kier molecular flexibility index (Phi) is 2.38. The summed E-state index contributed by atoms with van der Waals surface area (Å²) < 4.78 is 6.61. The Morgan fingerprint density at radius 3 is 3.06 bits per heavy atom. The molecule has 3 aromatic rings. The number of aryl methyl sites for hydroxylation is 1. The van der Waals surface area contributed by atoms with Gasteiger partial charge in [-0.25, -0.2) is 4.98 Å². The average Bonchev–Trinajstić information content (AvgIpc) is 2.95. The Morgan fingerprint density at radius 1 is 1.41 bits per heavy atom. The molecule has 6 heteroatoms. The van der Waals surface area contributed by atoms with E-state index in [9.17, 15) is 5.11 Å². The molecule has 1 aromatic carbocycles. The van der Waals surface area contributed by atoms with Crippen molar-refractivity contribution in [1.82, 2.24) is 19.1 Å². The SMILES string of the molecule is Cn1ccnc1C(O)c1cccc2nnsc12. The number of benzene rings is 1. The summed E-state index contributed by atoms with van der Waals surface area (Å²) in [5.74, 6) is 0.617. The highest BCUT2D eigenvalue weighted by Crippen LogP contribution is 2.28. The molecular weight excluding hydrogens is 236 g/mol. The number of fused-ring (bicyclic) bond motifs is 1. The Bertz CT molecular complexity index is 660. The third-order valence-electron chi connectivity index (χ3n) is 2.70. The highest BCUT2D eigenvalue weighted by Gasteiger charge is 2.18. The van der Waals surface area contributed by atoms with Crippen LogP contribution in [0.2, 0.25) is 0 Å². The highest BCUT2D eigenvalue weighted by atomic mass is 32.1. The van der Waals surface area contributed by atoms with Crippen LogP contribution in [0, 0.1) is 0 Å². The molecule has 1 atom stereocenters. The van der Waals surface area contributed by atoms with Crippen molar-refractivity contribution in [2.24, 2.45) is 7.05 Å². The summed E-state index contributed by atoms with van der Waals surface area (Å²) in [7, 11) is 1.86. The van der Waals surface area contributed by atoms with Gasteiger partial charge < -0.3 is 9.67 Å². The Morgan fingerprint density at radius 2 is 2.29 bits per heavy atom. The molecule has 1 unspecified atom stereocenters. The van der Waals surface area contributed by atoms with E-state index in [-0.39, 0.29) is 0 Å². The molecule has 2 heterocycles. The third-order valence-corrected chi connectivity index (χ3v) is 3.49. The van der Waals surface area contributed by atoms with Crippen molar-refractivity contribution >= 4 is 21.7 Å². The van der Waals surface area contributed by atoms with Crippen LogP contribution in [0.1, 0.15) is 17.5 Å². The fraction of sp³-hybridized carbons (Fsp3) is 0.182. The predicted molar refractivity (Wildman–Crippen MR) is 64.7 cm³/mol. The van der Waals surface area contributed by atoms with Gasteiger partial charge in [-0.1, -0.05) is 16.6 Å². The first-order chi connectivity index (χ1) is 8.27. The number of aliphatic hydroxyl groups is 1. The maximum Gasteiger partial charge on any atom is 0.142 e. The van der Waals surface area contributed by atoms with Gasteiger partial charge in [0, 0.05) is 25.0 Å². The predicted octanol–water partition coefficient (Wildman–Crippen LogP) is 1.51. The Hall–Kier alpha value is -1.79. The van der Waals surface area contributed by atoms with Crippen molar-refractivity contribution in [3.8, 4) is 0 Å². The minimum Gasteiger partial charge on any atom is -0.380 e. The molecule has 3 rings (SSSR count). The number of aliphatic hydroxyl groups excluding tert-OH is 1. The van der Waals surface area contributed by atoms with Gasteiger partial charge in [0.2, 0.25) is 0 Å². The summed E-state index contributed by atoms with van der Waals surface area (Å²) in [6, 6.07) is 5.63. The molecule has 17 heavy (non-hydrogen) atoms. The summed E-state index contributed by atoms with van der Waals surface area (Å²) in [5.41, 5.74) is 1.60. The molecule has 5 nitrogen and oxygen atoms in total. The minimum absolute atomic E-state index is 0.617. The minimum atomic E-state index is -0.749. The van der Waals surface area contributed by atoms with Crippen molar-refractivity contribution in [2.45, 2.75) is 6.10 Å². The van der Waals surface area contributed by atoms with E-state index in [4.69, 9.17) is 0 Å². The maximum atomic E-state index is 10.3. The number of rotatable bonds is 2. The highest BCUT2D eigenvalue weighted by molar-refractivity contribution is 7.13. The van der Waals surface area contributed by atoms with Crippen LogP contribution in [0.25, 0.3) is 10.2 Å². The lowest BCUT2D eigenvalue weighted by Crippen LogP contribution is -2.06. The van der Waals surface area contributed by atoms with Crippen LogP contribution in [-0.4, -0.2) is 24.2 Å². The van der Waals surface area contributed by atoms with Crippen LogP contribution in [0.4, 0.5) is 0 Å². The van der Waals surface area contributed by atoms with Gasteiger partial charge in [0.05, 0.1) is 4.70 Å². The number of nitrogens with zero attached hydrogens (tertiary/aromatic N) is 4. The first-order valence-corrected chi connectivity index (χ1v) is 5.91. The molecule has 0 fully saturated rings. The second kappa shape index (κ2) is 3.90. The van der Waals surface area contributed by atoms with Crippen LogP contribution in [0.5, 0.6) is 0 Å². The molecule has 0 radical (unpaired) electrons. The number of hydrogen-bond acceptors (Lipinski definition) is 5. The van der Waals surface area contributed by atoms with Gasteiger partial charge in [-0.05, 0) is 17.6 Å². The first kappa shape index (κ1) is 10.4. The lowest BCUT2D eigenvalue weighted by Gasteiger charge is -2.11. The summed E-state index contributed by atoms with van der Waals surface area (Å²) in [4.78, 5) is 4.16. The number of hydrogen-bond donors (Lipinski definition) is 1. The van der Waals surface area contributed by atoms with Crippen LogP contribution >= 0.6 is 11.5 Å². The molecule has 0 bridgehead atoms. The van der Waals surface area contributed by atoms with E-state index < -0.39 is 6.10 Å². The van der Waals surface area contributed by atoms with E-state index in [1.165, 1.54) is 11.5 Å². The van der Waals surface area contributed by atoms with Crippen LogP contribution in [0.15, 0.2) is 30.6 Å². The van der Waals surface area contributed by atoms with E-state index in [1.54, 1.807) is 10.8 Å². The van der Waals surface area contributed by atoms with Crippen molar-refractivity contribution < 1.29 is 5.11 Å². The van der Waals surface area contributed by atoms with Crippen LogP contribution in [-0.2, 0) is 7.05 Å². The monoisotopic (exact) mass is 246 g/mol. The standard InChI is InChI=1S/C11H10N4OS/c1-15-6-5-12-11(15)9(16)7-3-2-4-8-10(7)17-14-13-8/h2-6,9,16H,1H3. The lowest BCUT2D eigenvalue weighted by atomic mass is 10.1. The number of imidazole rings is 1. The summed E-state index contributed by atoms with van der Waals surface area (Å²) in [6.07, 6.45) is 2.73. The van der Waals surface area contributed by atoms with Gasteiger partial charge in [0.15, 0.2) is 0 Å². The van der Waals surface area contributed by atoms with Crippen molar-refractivity contribution in [3.63, 3.8) is 0 Å². The molecular formula is C11H10N4OS. The first-order valence-electron chi connectivity index (χ1n) is 5.13. The van der Waals surface area contributed by atoms with Gasteiger partial charge in [0.25, 0.3) is 0 Å². The molecule has 0 saturated heterocycles. The quantitative estimate of drug-likeness (QED) is 0.744. The van der Waals surface area contributed by atoms with E-state index >= 15 is 0 Å². The average molecular weight is 246 g/mol. The molecule has 1 N–H and O–H groups in total. The van der Waals surface area contributed by atoms with Gasteiger partial charge in [-0.2, -0.15) is 0 Å². The molecule has 0 spiro atoms. The fourth-order valence-corrected chi connectivity index (χ4v) is 2.52. The van der Waals surface area contributed by atoms with Crippen LogP contribution < -0.4 is 0 Å². The topological polar surface area (TPSA) is 63.8 Å². The van der Waals surface area contributed by atoms with Gasteiger partial charge >= 0.3 is 0 Å². The largest absolute Gasteiger partial charge is 0.380 e. The maximum absolute atomic E-state index is 10.3. The molecule has 0 aliphatic carbocycles. The van der Waals surface area contributed by atoms with Crippen molar-refractivity contribution in [3.05, 3.63) is 42.0 Å². The van der Waals surface area contributed by atoms with Crippen molar-refractivity contribution in [2.75, 3.05) is 0 Å². The molecule has 86 valence electrons. The van der Waals surface area contributed by atoms with E-state index in [1.807, 2.05) is 31.4 Å². The molecule has 2 aromatic heterocycles. The second-order valence-corrected chi connectivity index (χ2v) is 4.52. The van der Waals surface area contributed by atoms with Gasteiger partial charge in [0.1, 0.15) is 17.4 Å². The summed E-state index contributed by atoms with van der Waals surface area (Å²) >= 11 is 1.29. The fourth-order valence-electron chi connectivity index (χ4n) is 1.82.